The maximum atomic E-state index is 13.5. The van der Waals surface area contributed by atoms with E-state index in [1.54, 1.807) is 13.0 Å². The van der Waals surface area contributed by atoms with Gasteiger partial charge in [0.15, 0.2) is 0 Å². The van der Waals surface area contributed by atoms with Crippen LogP contribution in [0, 0.1) is 18.6 Å². The topological polar surface area (TPSA) is 63.8 Å². The van der Waals surface area contributed by atoms with Crippen LogP contribution >= 0.6 is 11.8 Å². The summed E-state index contributed by atoms with van der Waals surface area (Å²) >= 11 is 1.01. The highest BCUT2D eigenvalue weighted by Crippen LogP contribution is 2.29. The lowest BCUT2D eigenvalue weighted by Crippen LogP contribution is -2.11. The van der Waals surface area contributed by atoms with Gasteiger partial charge in [0.1, 0.15) is 16.7 Å². The van der Waals surface area contributed by atoms with Gasteiger partial charge in [-0.25, -0.2) is 24.6 Å². The monoisotopic (exact) mass is 268 g/mol. The zero-order valence-corrected chi connectivity index (χ0v) is 10.3. The largest absolute Gasteiger partial charge is 0.292 e. The third-order valence-corrected chi connectivity index (χ3v) is 3.02. The number of nitrogens with zero attached hydrogens (tertiary/aromatic N) is 2. The molecule has 0 radical (unpaired) electrons. The molecular formula is C11H10F2N4S. The molecule has 0 aliphatic carbocycles. The molecule has 18 heavy (non-hydrogen) atoms. The Labute approximate surface area is 107 Å². The number of hydrogen-bond donors (Lipinski definition) is 2. The Morgan fingerprint density at radius 3 is 2.72 bits per heavy atom. The van der Waals surface area contributed by atoms with Gasteiger partial charge in [0, 0.05) is 5.69 Å². The van der Waals surface area contributed by atoms with Crippen molar-refractivity contribution in [2.24, 2.45) is 5.84 Å². The summed E-state index contributed by atoms with van der Waals surface area (Å²) in [6, 6.07) is 4.92. The van der Waals surface area contributed by atoms with E-state index in [1.165, 1.54) is 0 Å². The van der Waals surface area contributed by atoms with Crippen LogP contribution in [0.15, 0.2) is 34.2 Å². The van der Waals surface area contributed by atoms with Gasteiger partial charge in [0.05, 0.1) is 4.90 Å². The molecule has 4 nitrogen and oxygen atoms in total. The van der Waals surface area contributed by atoms with Crippen LogP contribution in [0.1, 0.15) is 5.69 Å². The summed E-state index contributed by atoms with van der Waals surface area (Å²) in [5.41, 5.74) is 2.99. The minimum atomic E-state index is -0.500. The molecule has 0 fully saturated rings. The minimum absolute atomic E-state index is 0.163. The summed E-state index contributed by atoms with van der Waals surface area (Å²) in [6.07, 6.45) is 0. The van der Waals surface area contributed by atoms with Crippen LogP contribution in [0.25, 0.3) is 0 Å². The van der Waals surface area contributed by atoms with Crippen molar-refractivity contribution >= 4 is 17.7 Å². The van der Waals surface area contributed by atoms with Crippen LogP contribution in [0.2, 0.25) is 0 Å². The third-order valence-electron chi connectivity index (χ3n) is 2.07. The maximum absolute atomic E-state index is 13.5. The Morgan fingerprint density at radius 2 is 2.00 bits per heavy atom. The predicted octanol–water partition coefficient (Wildman–Crippen LogP) is 2.50. The summed E-state index contributed by atoms with van der Waals surface area (Å²) in [6.45, 7) is 1.76. The lowest BCUT2D eigenvalue weighted by atomic mass is 10.3. The molecule has 1 aromatic heterocycles. The quantitative estimate of drug-likeness (QED) is 0.508. The highest BCUT2D eigenvalue weighted by Gasteiger charge is 2.08. The van der Waals surface area contributed by atoms with Crippen molar-refractivity contribution in [3.05, 3.63) is 41.6 Å². The number of nitrogens with two attached hydrogens (primary N) is 1. The highest BCUT2D eigenvalue weighted by molar-refractivity contribution is 7.99. The molecule has 0 saturated carbocycles. The fourth-order valence-corrected chi connectivity index (χ4v) is 2.25. The summed E-state index contributed by atoms with van der Waals surface area (Å²) in [4.78, 5) is 8.21. The molecule has 0 spiro atoms. The molecule has 0 atom stereocenters. The first-order valence-corrected chi connectivity index (χ1v) is 5.85. The average molecular weight is 268 g/mol. The van der Waals surface area contributed by atoms with Gasteiger partial charge in [-0.3, -0.25) is 5.43 Å². The molecule has 2 rings (SSSR count). The Balaban J connectivity index is 2.33. The first kappa shape index (κ1) is 12.7. The number of aryl methyl sites for hydroxylation is 1. The number of nitrogen functional groups attached to an aromatic ring is 1. The molecule has 2 aromatic rings. The zero-order valence-electron chi connectivity index (χ0n) is 9.45. The number of halogens is 2. The SMILES string of the molecule is Cc1cc(Sc2cc(F)ccc2F)nc(NN)n1. The van der Waals surface area contributed by atoms with Crippen molar-refractivity contribution in [1.29, 1.82) is 0 Å². The van der Waals surface area contributed by atoms with E-state index in [9.17, 15) is 8.78 Å². The average Bonchev–Trinajstić information content (AvgIpc) is 2.33. The van der Waals surface area contributed by atoms with Crippen LogP contribution in [0.3, 0.4) is 0 Å². The molecule has 1 heterocycles. The molecule has 0 aliphatic rings. The molecule has 94 valence electrons. The number of aromatic nitrogens is 2. The Morgan fingerprint density at radius 1 is 1.22 bits per heavy atom. The van der Waals surface area contributed by atoms with E-state index >= 15 is 0 Å². The Bertz CT molecular complexity index is 577. The van der Waals surface area contributed by atoms with Gasteiger partial charge in [-0.15, -0.1) is 0 Å². The molecule has 0 unspecified atom stereocenters. The van der Waals surface area contributed by atoms with E-state index in [0.717, 1.165) is 30.0 Å². The molecule has 1 aromatic carbocycles. The van der Waals surface area contributed by atoms with Crippen LogP contribution < -0.4 is 11.3 Å². The summed E-state index contributed by atoms with van der Waals surface area (Å²) < 4.78 is 26.5. The highest BCUT2D eigenvalue weighted by atomic mass is 32.2. The van der Waals surface area contributed by atoms with Crippen LogP contribution in [-0.4, -0.2) is 9.97 Å². The second-order valence-corrected chi connectivity index (χ2v) is 4.55. The van der Waals surface area contributed by atoms with Crippen molar-refractivity contribution < 1.29 is 8.78 Å². The molecule has 0 bridgehead atoms. The lowest BCUT2D eigenvalue weighted by molar-refractivity contribution is 0.577. The van der Waals surface area contributed by atoms with Gasteiger partial charge in [-0.2, -0.15) is 0 Å². The van der Waals surface area contributed by atoms with Crippen molar-refractivity contribution in [2.75, 3.05) is 5.43 Å². The Hall–Kier alpha value is -1.73. The second-order valence-electron chi connectivity index (χ2n) is 3.49. The molecule has 3 N–H and O–H groups in total. The smallest absolute Gasteiger partial charge is 0.238 e. The van der Waals surface area contributed by atoms with E-state index < -0.39 is 11.6 Å². The van der Waals surface area contributed by atoms with E-state index in [-0.39, 0.29) is 10.8 Å². The first-order valence-electron chi connectivity index (χ1n) is 5.03. The molecule has 0 saturated heterocycles. The first-order chi connectivity index (χ1) is 8.58. The summed E-state index contributed by atoms with van der Waals surface area (Å²) in [5, 5.41) is 0.486. The van der Waals surface area contributed by atoms with Crippen molar-refractivity contribution in [1.82, 2.24) is 9.97 Å². The van der Waals surface area contributed by atoms with Gasteiger partial charge in [-0.1, -0.05) is 11.8 Å². The third kappa shape index (κ3) is 2.93. The van der Waals surface area contributed by atoms with E-state index in [0.29, 0.717) is 10.7 Å². The normalized spacial score (nSPS) is 10.4. The fourth-order valence-electron chi connectivity index (χ4n) is 1.32. The summed E-state index contributed by atoms with van der Waals surface area (Å²) in [5.74, 6) is 4.45. The van der Waals surface area contributed by atoms with Gasteiger partial charge in [0.2, 0.25) is 5.95 Å². The molecular weight excluding hydrogens is 258 g/mol. The number of hydrogen-bond acceptors (Lipinski definition) is 5. The van der Waals surface area contributed by atoms with Crippen molar-refractivity contribution in [3.63, 3.8) is 0 Å². The van der Waals surface area contributed by atoms with E-state index in [1.807, 2.05) is 0 Å². The van der Waals surface area contributed by atoms with Crippen molar-refractivity contribution in [2.45, 2.75) is 16.8 Å². The summed E-state index contributed by atoms with van der Waals surface area (Å²) in [7, 11) is 0. The van der Waals surface area contributed by atoms with Gasteiger partial charge in [-0.05, 0) is 31.2 Å². The standard InChI is InChI=1S/C11H10F2N4S/c1-6-4-10(16-11(15-6)17-14)18-9-5-7(12)2-3-8(9)13/h2-5H,14H2,1H3,(H,15,16,17). The van der Waals surface area contributed by atoms with Gasteiger partial charge in [0.25, 0.3) is 0 Å². The molecule has 0 aliphatic heterocycles. The zero-order chi connectivity index (χ0) is 13.1. The van der Waals surface area contributed by atoms with Crippen LogP contribution in [0.4, 0.5) is 14.7 Å². The van der Waals surface area contributed by atoms with Crippen molar-refractivity contribution in [3.8, 4) is 0 Å². The Kier molecular flexibility index (Phi) is 3.73. The van der Waals surface area contributed by atoms with E-state index in [2.05, 4.69) is 15.4 Å². The van der Waals surface area contributed by atoms with Gasteiger partial charge >= 0.3 is 0 Å². The molecule has 7 heteroatoms. The lowest BCUT2D eigenvalue weighted by Gasteiger charge is -2.05. The number of anilines is 1. The second kappa shape index (κ2) is 5.28. The minimum Gasteiger partial charge on any atom is -0.292 e. The van der Waals surface area contributed by atoms with E-state index in [4.69, 9.17) is 5.84 Å². The number of rotatable bonds is 3. The number of nitrogens with one attached hydrogen (secondary N) is 1. The fraction of sp³-hybridized carbons (Fsp3) is 0.0909. The predicted molar refractivity (Wildman–Crippen MR) is 65.1 cm³/mol. The van der Waals surface area contributed by atoms with Gasteiger partial charge < -0.3 is 0 Å². The van der Waals surface area contributed by atoms with Crippen LogP contribution in [-0.2, 0) is 0 Å². The number of benzene rings is 1. The van der Waals surface area contributed by atoms with Crippen LogP contribution in [0.5, 0.6) is 0 Å². The number of hydrazine groups is 1. The molecule has 0 amide bonds. The maximum Gasteiger partial charge on any atom is 0.238 e.